The van der Waals surface area contributed by atoms with Crippen molar-refractivity contribution in [3.8, 4) is 11.5 Å². The van der Waals surface area contributed by atoms with Crippen LogP contribution in [-0.4, -0.2) is 44.6 Å². The second-order valence-electron chi connectivity index (χ2n) is 4.93. The molecular formula is C14H22N2O3. The highest BCUT2D eigenvalue weighted by Gasteiger charge is 2.30. The molecule has 0 radical (unpaired) electrons. The van der Waals surface area contributed by atoms with Crippen LogP contribution >= 0.6 is 0 Å². The van der Waals surface area contributed by atoms with Gasteiger partial charge in [0.25, 0.3) is 0 Å². The van der Waals surface area contributed by atoms with Crippen LogP contribution in [0.4, 0.5) is 0 Å². The fraction of sp³-hybridized carbons (Fsp3) is 0.571. The van der Waals surface area contributed by atoms with E-state index in [2.05, 4.69) is 10.6 Å². The van der Waals surface area contributed by atoms with Gasteiger partial charge in [-0.1, -0.05) is 6.07 Å². The number of ether oxygens (including phenoxy) is 2. The third-order valence-corrected chi connectivity index (χ3v) is 3.48. The molecule has 0 amide bonds. The lowest BCUT2D eigenvalue weighted by Crippen LogP contribution is -2.42. The number of hydrogen-bond donors (Lipinski definition) is 3. The van der Waals surface area contributed by atoms with E-state index in [4.69, 9.17) is 9.47 Å². The highest BCUT2D eigenvalue weighted by Crippen LogP contribution is 2.24. The molecule has 19 heavy (non-hydrogen) atoms. The third kappa shape index (κ3) is 3.59. The summed E-state index contributed by atoms with van der Waals surface area (Å²) in [6, 6.07) is 5.75. The number of rotatable bonds is 6. The van der Waals surface area contributed by atoms with E-state index in [1.54, 1.807) is 14.2 Å². The van der Waals surface area contributed by atoms with E-state index < -0.39 is 5.60 Å². The van der Waals surface area contributed by atoms with E-state index >= 15 is 0 Å². The second kappa shape index (κ2) is 6.23. The van der Waals surface area contributed by atoms with Crippen LogP contribution in [0.3, 0.4) is 0 Å². The van der Waals surface area contributed by atoms with Crippen molar-refractivity contribution >= 4 is 0 Å². The standard InChI is InChI=1S/C14H22N2O3/c1-18-12-4-3-11(13(7-12)19-2)8-16-10-14(17)5-6-15-9-14/h3-4,7,15-17H,5-6,8-10H2,1-2H3/t14-/m0/s1. The molecule has 0 aliphatic carbocycles. The Morgan fingerprint density at radius 3 is 2.84 bits per heavy atom. The SMILES string of the molecule is COc1ccc(CNC[C@]2(O)CCNC2)c(OC)c1. The normalized spacial score (nSPS) is 22.5. The Kier molecular flexibility index (Phi) is 4.63. The molecule has 1 fully saturated rings. The first-order chi connectivity index (χ1) is 9.17. The van der Waals surface area contributed by atoms with Crippen LogP contribution in [0.15, 0.2) is 18.2 Å². The van der Waals surface area contributed by atoms with Gasteiger partial charge in [0.2, 0.25) is 0 Å². The fourth-order valence-corrected chi connectivity index (χ4v) is 2.31. The van der Waals surface area contributed by atoms with Gasteiger partial charge < -0.3 is 25.2 Å². The molecule has 5 nitrogen and oxygen atoms in total. The van der Waals surface area contributed by atoms with Gasteiger partial charge in [0.1, 0.15) is 11.5 Å². The van der Waals surface area contributed by atoms with Crippen LogP contribution in [0, 0.1) is 0 Å². The highest BCUT2D eigenvalue weighted by molar-refractivity contribution is 5.40. The van der Waals surface area contributed by atoms with E-state index in [1.165, 1.54) is 0 Å². The number of nitrogens with one attached hydrogen (secondary N) is 2. The second-order valence-corrected chi connectivity index (χ2v) is 4.93. The molecule has 0 unspecified atom stereocenters. The molecule has 2 rings (SSSR count). The molecule has 0 bridgehead atoms. The summed E-state index contributed by atoms with van der Waals surface area (Å²) >= 11 is 0. The Balaban J connectivity index is 1.91. The lowest BCUT2D eigenvalue weighted by Gasteiger charge is -2.22. The molecular weight excluding hydrogens is 244 g/mol. The first kappa shape index (κ1) is 14.1. The van der Waals surface area contributed by atoms with E-state index in [9.17, 15) is 5.11 Å². The maximum absolute atomic E-state index is 10.2. The minimum atomic E-state index is -0.625. The Morgan fingerprint density at radius 2 is 2.21 bits per heavy atom. The topological polar surface area (TPSA) is 62.8 Å². The smallest absolute Gasteiger partial charge is 0.127 e. The molecule has 1 saturated heterocycles. The molecule has 1 aromatic carbocycles. The molecule has 0 saturated carbocycles. The van der Waals surface area contributed by atoms with Gasteiger partial charge in [-0.2, -0.15) is 0 Å². The lowest BCUT2D eigenvalue weighted by atomic mass is 10.0. The van der Waals surface area contributed by atoms with Gasteiger partial charge in [0.05, 0.1) is 19.8 Å². The summed E-state index contributed by atoms with van der Waals surface area (Å²) in [6.07, 6.45) is 0.791. The average molecular weight is 266 g/mol. The van der Waals surface area contributed by atoms with Crippen molar-refractivity contribution in [2.45, 2.75) is 18.6 Å². The predicted molar refractivity (Wildman–Crippen MR) is 73.7 cm³/mol. The Morgan fingerprint density at radius 1 is 1.37 bits per heavy atom. The van der Waals surface area contributed by atoms with E-state index in [1.807, 2.05) is 18.2 Å². The van der Waals surface area contributed by atoms with Crippen molar-refractivity contribution in [2.75, 3.05) is 33.9 Å². The summed E-state index contributed by atoms with van der Waals surface area (Å²) in [5.41, 5.74) is 0.428. The van der Waals surface area contributed by atoms with Crippen molar-refractivity contribution in [3.05, 3.63) is 23.8 Å². The first-order valence-electron chi connectivity index (χ1n) is 6.51. The minimum Gasteiger partial charge on any atom is -0.497 e. The summed E-state index contributed by atoms with van der Waals surface area (Å²) < 4.78 is 10.5. The van der Waals surface area contributed by atoms with E-state index in [0.29, 0.717) is 19.6 Å². The quantitative estimate of drug-likeness (QED) is 0.700. The zero-order valence-corrected chi connectivity index (χ0v) is 11.5. The van der Waals surface area contributed by atoms with Crippen molar-refractivity contribution < 1.29 is 14.6 Å². The molecule has 1 atom stereocenters. The van der Waals surface area contributed by atoms with Crippen LogP contribution in [0.2, 0.25) is 0 Å². The Bertz CT molecular complexity index is 417. The minimum absolute atomic E-state index is 0.579. The van der Waals surface area contributed by atoms with E-state index in [-0.39, 0.29) is 0 Å². The molecule has 106 valence electrons. The zero-order chi connectivity index (χ0) is 13.7. The third-order valence-electron chi connectivity index (χ3n) is 3.48. The van der Waals surface area contributed by atoms with Gasteiger partial charge in [-0.3, -0.25) is 0 Å². The highest BCUT2D eigenvalue weighted by atomic mass is 16.5. The maximum atomic E-state index is 10.2. The monoisotopic (exact) mass is 266 g/mol. The van der Waals surface area contributed by atoms with Crippen LogP contribution in [0.25, 0.3) is 0 Å². The van der Waals surface area contributed by atoms with Crippen LogP contribution < -0.4 is 20.1 Å². The number of methoxy groups -OCH3 is 2. The van der Waals surface area contributed by atoms with E-state index in [0.717, 1.165) is 30.0 Å². The van der Waals surface area contributed by atoms with Gasteiger partial charge >= 0.3 is 0 Å². The lowest BCUT2D eigenvalue weighted by molar-refractivity contribution is 0.0608. The van der Waals surface area contributed by atoms with Crippen molar-refractivity contribution in [3.63, 3.8) is 0 Å². The Labute approximate surface area is 113 Å². The van der Waals surface area contributed by atoms with Crippen molar-refractivity contribution in [1.29, 1.82) is 0 Å². The van der Waals surface area contributed by atoms with Gasteiger partial charge in [0.15, 0.2) is 0 Å². The van der Waals surface area contributed by atoms with Gasteiger partial charge in [-0.05, 0) is 19.0 Å². The average Bonchev–Trinajstić information content (AvgIpc) is 2.86. The zero-order valence-electron chi connectivity index (χ0n) is 11.5. The summed E-state index contributed by atoms with van der Waals surface area (Å²) in [6.45, 7) is 2.77. The fourth-order valence-electron chi connectivity index (χ4n) is 2.31. The number of β-amino-alcohol motifs (C(OH)–C–C–N with tert-alkyl or cyclic N) is 1. The molecule has 1 aliphatic heterocycles. The molecule has 0 aromatic heterocycles. The van der Waals surface area contributed by atoms with Crippen LogP contribution in [-0.2, 0) is 6.54 Å². The number of aliphatic hydroxyl groups is 1. The van der Waals surface area contributed by atoms with Crippen molar-refractivity contribution in [1.82, 2.24) is 10.6 Å². The number of benzene rings is 1. The molecule has 5 heteroatoms. The van der Waals surface area contributed by atoms with Crippen LogP contribution in [0.1, 0.15) is 12.0 Å². The molecule has 1 heterocycles. The molecule has 0 spiro atoms. The maximum Gasteiger partial charge on any atom is 0.127 e. The first-order valence-corrected chi connectivity index (χ1v) is 6.51. The number of hydrogen-bond acceptors (Lipinski definition) is 5. The summed E-state index contributed by atoms with van der Waals surface area (Å²) in [5.74, 6) is 1.57. The predicted octanol–water partition coefficient (Wildman–Crippen LogP) is 0.518. The van der Waals surface area contributed by atoms with Gasteiger partial charge in [-0.25, -0.2) is 0 Å². The van der Waals surface area contributed by atoms with Crippen molar-refractivity contribution in [2.24, 2.45) is 0 Å². The molecule has 1 aromatic rings. The molecule has 1 aliphatic rings. The Hall–Kier alpha value is -1.30. The van der Waals surface area contributed by atoms with Crippen LogP contribution in [0.5, 0.6) is 11.5 Å². The summed E-state index contributed by atoms with van der Waals surface area (Å²) in [7, 11) is 3.28. The summed E-state index contributed by atoms with van der Waals surface area (Å²) in [4.78, 5) is 0. The van der Waals surface area contributed by atoms with Gasteiger partial charge in [-0.15, -0.1) is 0 Å². The largest absolute Gasteiger partial charge is 0.497 e. The van der Waals surface area contributed by atoms with Gasteiger partial charge in [0, 0.05) is 31.3 Å². The summed E-state index contributed by atoms with van der Waals surface area (Å²) in [5, 5.41) is 16.7. The molecule has 3 N–H and O–H groups in total.